The molecule has 3 aromatic carbocycles. The van der Waals surface area contributed by atoms with Crippen LogP contribution in [0, 0.1) is 6.92 Å². The van der Waals surface area contributed by atoms with Crippen molar-refractivity contribution in [2.45, 2.75) is 24.8 Å². The predicted molar refractivity (Wildman–Crippen MR) is 125 cm³/mol. The summed E-state index contributed by atoms with van der Waals surface area (Å²) < 4.78 is 34.1. The second-order valence-corrected chi connectivity index (χ2v) is 9.67. The molecule has 8 heteroatoms. The van der Waals surface area contributed by atoms with Crippen molar-refractivity contribution in [1.29, 1.82) is 0 Å². The zero-order chi connectivity index (χ0) is 22.4. The fourth-order valence-corrected chi connectivity index (χ4v) is 4.22. The van der Waals surface area contributed by atoms with E-state index in [-0.39, 0.29) is 23.5 Å². The summed E-state index contributed by atoms with van der Waals surface area (Å²) in [5.74, 6) is 0.134. The van der Waals surface area contributed by atoms with Crippen molar-refractivity contribution in [2.24, 2.45) is 0 Å². The van der Waals surface area contributed by atoms with E-state index in [1.165, 1.54) is 24.3 Å². The maximum absolute atomic E-state index is 12.5. The molecule has 0 saturated heterocycles. The molecule has 2 N–H and O–H groups in total. The fraction of sp³-hybridized carbons (Fsp3) is 0.174. The first-order chi connectivity index (χ1) is 14.7. The molecule has 0 heterocycles. The van der Waals surface area contributed by atoms with Gasteiger partial charge >= 0.3 is 0 Å². The van der Waals surface area contributed by atoms with Crippen molar-refractivity contribution in [1.82, 2.24) is 5.32 Å². The van der Waals surface area contributed by atoms with Crippen LogP contribution in [0.2, 0.25) is 0 Å². The van der Waals surface area contributed by atoms with Crippen molar-refractivity contribution in [3.05, 3.63) is 88.4 Å². The van der Waals surface area contributed by atoms with E-state index in [4.69, 9.17) is 4.74 Å². The van der Waals surface area contributed by atoms with Crippen LogP contribution in [-0.4, -0.2) is 20.9 Å². The Kier molecular flexibility index (Phi) is 7.35. The van der Waals surface area contributed by atoms with Crippen LogP contribution in [0.15, 0.2) is 82.2 Å². The minimum atomic E-state index is -3.72. The van der Waals surface area contributed by atoms with Gasteiger partial charge in [-0.1, -0.05) is 40.2 Å². The highest BCUT2D eigenvalue weighted by atomic mass is 79.9. The zero-order valence-electron chi connectivity index (χ0n) is 17.1. The maximum atomic E-state index is 12.5. The standard InChI is InChI=1S/C23H23BrN2O4S/c1-16-4-3-5-20(14-16)26-31(28,29)22-12-10-21(11-13-22)30-15-23(27)25-17(2)18-6-8-19(24)9-7-18/h3-14,17,26H,15H2,1-2H3,(H,25,27)/t17-/m0/s1. The number of rotatable bonds is 8. The third-order valence-corrected chi connectivity index (χ3v) is 6.45. The fourth-order valence-electron chi connectivity index (χ4n) is 2.90. The lowest BCUT2D eigenvalue weighted by molar-refractivity contribution is -0.123. The second kappa shape index (κ2) is 9.98. The van der Waals surface area contributed by atoms with Crippen LogP contribution in [0.4, 0.5) is 5.69 Å². The summed E-state index contributed by atoms with van der Waals surface area (Å²) >= 11 is 3.38. The van der Waals surface area contributed by atoms with Crippen LogP contribution in [0.3, 0.4) is 0 Å². The van der Waals surface area contributed by atoms with E-state index in [9.17, 15) is 13.2 Å². The maximum Gasteiger partial charge on any atom is 0.261 e. The van der Waals surface area contributed by atoms with Crippen LogP contribution >= 0.6 is 15.9 Å². The van der Waals surface area contributed by atoms with Crippen LogP contribution in [0.25, 0.3) is 0 Å². The van der Waals surface area contributed by atoms with E-state index in [0.717, 1.165) is 15.6 Å². The Morgan fingerprint density at radius 3 is 2.35 bits per heavy atom. The van der Waals surface area contributed by atoms with Crippen molar-refractivity contribution in [3.63, 3.8) is 0 Å². The number of halogens is 1. The smallest absolute Gasteiger partial charge is 0.261 e. The van der Waals surface area contributed by atoms with Gasteiger partial charge in [0.2, 0.25) is 0 Å². The molecule has 0 aliphatic heterocycles. The summed E-state index contributed by atoms with van der Waals surface area (Å²) in [7, 11) is -3.72. The lowest BCUT2D eigenvalue weighted by Crippen LogP contribution is -2.31. The first-order valence-electron chi connectivity index (χ1n) is 9.60. The summed E-state index contributed by atoms with van der Waals surface area (Å²) in [5.41, 5.74) is 2.43. The highest BCUT2D eigenvalue weighted by molar-refractivity contribution is 9.10. The highest BCUT2D eigenvalue weighted by Gasteiger charge is 2.15. The molecule has 6 nitrogen and oxygen atoms in total. The summed E-state index contributed by atoms with van der Waals surface area (Å²) in [4.78, 5) is 12.3. The van der Waals surface area contributed by atoms with Crippen molar-refractivity contribution in [2.75, 3.05) is 11.3 Å². The molecule has 1 atom stereocenters. The molecule has 0 aliphatic carbocycles. The van der Waals surface area contributed by atoms with Gasteiger partial charge in [-0.2, -0.15) is 0 Å². The molecule has 0 radical (unpaired) electrons. The number of sulfonamides is 1. The molecule has 162 valence electrons. The Labute approximate surface area is 190 Å². The van der Waals surface area contributed by atoms with Crippen LogP contribution in [0.5, 0.6) is 5.75 Å². The molecule has 0 unspecified atom stereocenters. The van der Waals surface area contributed by atoms with E-state index in [1.807, 2.05) is 44.2 Å². The van der Waals surface area contributed by atoms with E-state index >= 15 is 0 Å². The van der Waals surface area contributed by atoms with E-state index in [0.29, 0.717) is 11.4 Å². The Hall–Kier alpha value is -2.84. The number of nitrogens with one attached hydrogen (secondary N) is 2. The summed E-state index contributed by atoms with van der Waals surface area (Å²) in [5, 5.41) is 2.87. The minimum Gasteiger partial charge on any atom is -0.484 e. The lowest BCUT2D eigenvalue weighted by atomic mass is 10.1. The number of anilines is 1. The molecular formula is C23H23BrN2O4S. The number of hydrogen-bond acceptors (Lipinski definition) is 4. The van der Waals surface area contributed by atoms with Crippen LogP contribution < -0.4 is 14.8 Å². The average Bonchev–Trinajstić information content (AvgIpc) is 2.72. The number of carbonyl (C=O) groups is 1. The van der Waals surface area contributed by atoms with Crippen LogP contribution in [-0.2, 0) is 14.8 Å². The molecule has 3 rings (SSSR count). The Bertz CT molecular complexity index is 1150. The third-order valence-electron chi connectivity index (χ3n) is 4.52. The molecule has 0 spiro atoms. The molecule has 3 aromatic rings. The Balaban J connectivity index is 1.55. The van der Waals surface area contributed by atoms with Gasteiger partial charge in [-0.15, -0.1) is 0 Å². The molecule has 1 amide bonds. The van der Waals surface area contributed by atoms with E-state index < -0.39 is 10.0 Å². The molecular weight excluding hydrogens is 480 g/mol. The summed E-state index contributed by atoms with van der Waals surface area (Å²) in [6.07, 6.45) is 0. The molecule has 0 bridgehead atoms. The minimum absolute atomic E-state index is 0.106. The monoisotopic (exact) mass is 502 g/mol. The van der Waals surface area contributed by atoms with Gasteiger partial charge in [0.1, 0.15) is 5.75 Å². The number of amides is 1. The molecule has 31 heavy (non-hydrogen) atoms. The molecule has 0 aliphatic rings. The Morgan fingerprint density at radius 2 is 1.71 bits per heavy atom. The number of benzene rings is 3. The zero-order valence-corrected chi connectivity index (χ0v) is 19.5. The number of ether oxygens (including phenoxy) is 1. The lowest BCUT2D eigenvalue weighted by Gasteiger charge is -2.15. The van der Waals surface area contributed by atoms with Gasteiger partial charge in [0.25, 0.3) is 15.9 Å². The predicted octanol–water partition coefficient (Wildman–Crippen LogP) is 4.81. The third kappa shape index (κ3) is 6.57. The van der Waals surface area contributed by atoms with Gasteiger partial charge in [-0.05, 0) is 73.5 Å². The van der Waals surface area contributed by atoms with Crippen molar-refractivity contribution in [3.8, 4) is 5.75 Å². The second-order valence-electron chi connectivity index (χ2n) is 7.08. The topological polar surface area (TPSA) is 84.5 Å². The number of hydrogen-bond donors (Lipinski definition) is 2. The van der Waals surface area contributed by atoms with E-state index in [2.05, 4.69) is 26.0 Å². The van der Waals surface area contributed by atoms with Gasteiger partial charge in [-0.3, -0.25) is 9.52 Å². The van der Waals surface area contributed by atoms with Gasteiger partial charge in [-0.25, -0.2) is 8.42 Å². The van der Waals surface area contributed by atoms with Gasteiger partial charge in [0, 0.05) is 10.2 Å². The van der Waals surface area contributed by atoms with Gasteiger partial charge < -0.3 is 10.1 Å². The van der Waals surface area contributed by atoms with Gasteiger partial charge in [0.05, 0.1) is 10.9 Å². The SMILES string of the molecule is Cc1cccc(NS(=O)(=O)c2ccc(OCC(=O)N[C@@H](C)c3ccc(Br)cc3)cc2)c1. The average molecular weight is 503 g/mol. The highest BCUT2D eigenvalue weighted by Crippen LogP contribution is 2.20. The van der Waals surface area contributed by atoms with E-state index in [1.54, 1.807) is 18.2 Å². The summed E-state index contributed by atoms with van der Waals surface area (Å²) in [6, 6.07) is 20.6. The Morgan fingerprint density at radius 1 is 1.03 bits per heavy atom. The van der Waals surface area contributed by atoms with Crippen molar-refractivity contribution < 1.29 is 17.9 Å². The van der Waals surface area contributed by atoms with Gasteiger partial charge in [0.15, 0.2) is 6.61 Å². The largest absolute Gasteiger partial charge is 0.484 e. The summed E-state index contributed by atoms with van der Waals surface area (Å²) in [6.45, 7) is 3.61. The number of carbonyl (C=O) groups excluding carboxylic acids is 1. The first kappa shape index (κ1) is 22.8. The van der Waals surface area contributed by atoms with Crippen molar-refractivity contribution >= 4 is 37.5 Å². The molecule has 0 saturated carbocycles. The van der Waals surface area contributed by atoms with Crippen LogP contribution in [0.1, 0.15) is 24.1 Å². The quantitative estimate of drug-likeness (QED) is 0.462. The first-order valence-corrected chi connectivity index (χ1v) is 11.9. The number of aryl methyl sites for hydroxylation is 1. The molecule has 0 aromatic heterocycles. The molecule has 0 fully saturated rings. The normalized spacial score (nSPS) is 12.1.